The molecule has 2 unspecified atom stereocenters. The van der Waals surface area contributed by atoms with Crippen LogP contribution in [0.2, 0.25) is 0 Å². The molecule has 0 radical (unpaired) electrons. The fourth-order valence-corrected chi connectivity index (χ4v) is 11.8. The van der Waals surface area contributed by atoms with Crippen molar-refractivity contribution >= 4 is 45.9 Å². The number of nitrogens with one attached hydrogen (secondary N) is 4. The molecule has 1 saturated carbocycles. The Kier molecular flexibility index (Phi) is 18.7. The predicted molar refractivity (Wildman–Crippen MR) is 328 cm³/mol. The smallest absolute Gasteiger partial charge is 0.228 e. The summed E-state index contributed by atoms with van der Waals surface area (Å²) in [5.74, 6) is 2.49. The first-order valence-corrected chi connectivity index (χ1v) is 29.1. The van der Waals surface area contributed by atoms with Crippen molar-refractivity contribution in [1.29, 1.82) is 0 Å². The number of unbranched alkanes of at least 4 members (excludes halogenated alkanes) is 2. The van der Waals surface area contributed by atoms with Gasteiger partial charge in [-0.15, -0.1) is 0 Å². The molecule has 12 nitrogen and oxygen atoms in total. The minimum Gasteiger partial charge on any atom is -0.354 e. The molecule has 8 aromatic rings. The van der Waals surface area contributed by atoms with E-state index in [1.807, 2.05) is 60.9 Å². The van der Waals surface area contributed by atoms with Gasteiger partial charge in [-0.3, -0.25) is 9.59 Å². The number of aromatic nitrogens is 4. The number of hydrogen-bond donors (Lipinski definition) is 4. The third-order valence-electron chi connectivity index (χ3n) is 16.0. The molecule has 6 aromatic carbocycles. The summed E-state index contributed by atoms with van der Waals surface area (Å²) in [5, 5.41) is 15.3. The van der Waals surface area contributed by atoms with Gasteiger partial charge in [-0.05, 0) is 173 Å². The van der Waals surface area contributed by atoms with E-state index >= 15 is 0 Å². The predicted octanol–water partition coefficient (Wildman–Crippen LogP) is 13.4. The minimum atomic E-state index is -0.0182. The maximum atomic E-state index is 12.9. The number of fused-ring (bicyclic) bond motifs is 7. The minimum absolute atomic E-state index is 0.0182. The van der Waals surface area contributed by atoms with Gasteiger partial charge in [-0.25, -0.2) is 19.9 Å². The van der Waals surface area contributed by atoms with E-state index in [-0.39, 0.29) is 23.7 Å². The number of nitrogens with zero attached hydrogens (tertiary/aromatic N) is 6. The van der Waals surface area contributed by atoms with Crippen molar-refractivity contribution in [3.63, 3.8) is 0 Å². The van der Waals surface area contributed by atoms with Crippen molar-refractivity contribution in [3.8, 4) is 22.5 Å². The van der Waals surface area contributed by atoms with Crippen molar-refractivity contribution < 1.29 is 9.59 Å². The van der Waals surface area contributed by atoms with Crippen LogP contribution in [-0.4, -0.2) is 95.9 Å². The third-order valence-corrected chi connectivity index (χ3v) is 16.0. The molecule has 11 rings (SSSR count). The van der Waals surface area contributed by atoms with Crippen LogP contribution in [0.1, 0.15) is 115 Å². The van der Waals surface area contributed by atoms with E-state index in [4.69, 9.17) is 9.97 Å². The summed E-state index contributed by atoms with van der Waals surface area (Å²) in [4.78, 5) is 49.1. The summed E-state index contributed by atoms with van der Waals surface area (Å²) >= 11 is 0. The van der Waals surface area contributed by atoms with Gasteiger partial charge in [0.15, 0.2) is 0 Å². The molecule has 0 spiro atoms. The lowest BCUT2D eigenvalue weighted by Gasteiger charge is -2.27. The summed E-state index contributed by atoms with van der Waals surface area (Å²) in [5.41, 5.74) is 14.5. The number of rotatable bonds is 20. The number of benzene rings is 6. The van der Waals surface area contributed by atoms with Gasteiger partial charge >= 0.3 is 0 Å². The van der Waals surface area contributed by atoms with Gasteiger partial charge < -0.3 is 31.1 Å². The number of anilines is 4. The number of hydrogen-bond acceptors (Lipinski definition) is 10. The second-order valence-corrected chi connectivity index (χ2v) is 22.6. The SMILES string of the molecule is CN(C)CCCCNc1ncc2c(n1)-c1ccccc1C(c1ccc(NC(=O)CC3CCCCC3)cc1)C2.CN(C)CCCCNc1ncc2c(n1)-c1ccccc1C(c1ccc(NC(=O)Cc3cccc4ccccc34)cc1)C2. The zero-order chi connectivity index (χ0) is 55.2. The molecule has 1 fully saturated rings. The van der Waals surface area contributed by atoms with Gasteiger partial charge in [0.2, 0.25) is 23.7 Å². The summed E-state index contributed by atoms with van der Waals surface area (Å²) < 4.78 is 0. The van der Waals surface area contributed by atoms with Crippen LogP contribution in [0, 0.1) is 5.92 Å². The molecule has 0 aliphatic heterocycles. The van der Waals surface area contributed by atoms with Crippen LogP contribution < -0.4 is 21.3 Å². The zero-order valence-electron chi connectivity index (χ0n) is 47.2. The van der Waals surface area contributed by atoms with Crippen molar-refractivity contribution in [2.45, 2.75) is 95.3 Å². The van der Waals surface area contributed by atoms with E-state index in [0.717, 1.165) is 115 Å². The molecule has 2 heterocycles. The monoisotopic (exact) mass is 1070 g/mol. The molecular formula is C68H78N10O2. The van der Waals surface area contributed by atoms with E-state index in [2.05, 4.69) is 160 Å². The van der Waals surface area contributed by atoms with Crippen LogP contribution in [0.3, 0.4) is 0 Å². The van der Waals surface area contributed by atoms with Crippen molar-refractivity contribution in [3.05, 3.63) is 191 Å². The van der Waals surface area contributed by atoms with Gasteiger partial charge in [0.05, 0.1) is 17.8 Å². The number of carbonyl (C=O) groups excluding carboxylic acids is 2. The van der Waals surface area contributed by atoms with Gasteiger partial charge in [0, 0.05) is 66.2 Å². The Morgan fingerprint density at radius 2 is 1.01 bits per heavy atom. The van der Waals surface area contributed by atoms with Crippen LogP contribution in [0.5, 0.6) is 0 Å². The Labute approximate surface area is 473 Å². The van der Waals surface area contributed by atoms with Crippen LogP contribution >= 0.6 is 0 Å². The Balaban J connectivity index is 0.000000181. The van der Waals surface area contributed by atoms with Gasteiger partial charge in [-0.2, -0.15) is 0 Å². The average Bonchev–Trinajstić information content (AvgIpc) is 3.56. The standard InChI is InChI=1S/C36H37N5O.C32H41N5O/c1-41(2)21-8-7-20-37-36-38-24-28-22-33(31-14-5-6-15-32(31)35(28)40-36)26-16-18-29(19-17-26)39-34(42)23-27-12-9-11-25-10-3-4-13-30(25)27;1-37(2)19-9-8-18-33-32-34-22-25-21-29(27-12-6-7-13-28(27)31(25)36-32)24-14-16-26(17-15-24)35-30(38)20-23-10-4-3-5-11-23/h3-6,9-19,24,33H,7-8,20-23H2,1-2H3,(H,39,42)(H,37,38,40);6-7,12-17,22-23,29H,3-5,8-11,18-21H2,1-2H3,(H,35,38)(H,33,34,36). The lowest BCUT2D eigenvalue weighted by Crippen LogP contribution is -2.18. The second kappa shape index (κ2) is 26.9. The van der Waals surface area contributed by atoms with E-state index in [9.17, 15) is 9.59 Å². The Hall–Kier alpha value is -7.80. The quantitative estimate of drug-likeness (QED) is 0.0545. The lowest BCUT2D eigenvalue weighted by atomic mass is 9.78. The zero-order valence-corrected chi connectivity index (χ0v) is 47.2. The van der Waals surface area contributed by atoms with E-state index in [1.54, 1.807) is 0 Å². The molecular weight excluding hydrogens is 989 g/mol. The summed E-state index contributed by atoms with van der Waals surface area (Å²) in [6.07, 6.45) is 17.3. The Morgan fingerprint density at radius 1 is 0.525 bits per heavy atom. The first-order valence-electron chi connectivity index (χ1n) is 29.1. The normalized spacial score (nSPS) is 15.4. The van der Waals surface area contributed by atoms with Crippen LogP contribution in [0.15, 0.2) is 152 Å². The van der Waals surface area contributed by atoms with Gasteiger partial charge in [0.1, 0.15) is 0 Å². The molecule has 80 heavy (non-hydrogen) atoms. The van der Waals surface area contributed by atoms with E-state index in [1.165, 1.54) is 65.5 Å². The van der Waals surface area contributed by atoms with Crippen LogP contribution in [-0.2, 0) is 28.9 Å². The van der Waals surface area contributed by atoms with Crippen molar-refractivity contribution in [2.24, 2.45) is 5.92 Å². The van der Waals surface area contributed by atoms with Gasteiger partial charge in [0.25, 0.3) is 0 Å². The highest BCUT2D eigenvalue weighted by molar-refractivity contribution is 5.96. The molecule has 412 valence electrons. The molecule has 2 amide bonds. The molecule has 2 aromatic heterocycles. The fourth-order valence-electron chi connectivity index (χ4n) is 11.8. The highest BCUT2D eigenvalue weighted by Crippen LogP contribution is 2.44. The molecule has 3 aliphatic rings. The third kappa shape index (κ3) is 14.3. The number of carbonyl (C=O) groups is 2. The van der Waals surface area contributed by atoms with Crippen LogP contribution in [0.4, 0.5) is 23.3 Å². The maximum Gasteiger partial charge on any atom is 0.228 e. The summed E-state index contributed by atoms with van der Waals surface area (Å²) in [6.45, 7) is 3.91. The maximum absolute atomic E-state index is 12.9. The highest BCUT2D eigenvalue weighted by atomic mass is 16.2. The lowest BCUT2D eigenvalue weighted by molar-refractivity contribution is -0.117. The molecule has 0 saturated heterocycles. The van der Waals surface area contributed by atoms with Crippen LogP contribution in [0.25, 0.3) is 33.3 Å². The Morgan fingerprint density at radius 3 is 1.55 bits per heavy atom. The fraction of sp³-hybridized carbons (Fsp3) is 0.353. The van der Waals surface area contributed by atoms with Gasteiger partial charge in [-0.1, -0.05) is 135 Å². The number of amides is 2. The largest absolute Gasteiger partial charge is 0.354 e. The highest BCUT2D eigenvalue weighted by Gasteiger charge is 2.29. The molecule has 2 atom stereocenters. The topological polar surface area (TPSA) is 140 Å². The second-order valence-electron chi connectivity index (χ2n) is 22.6. The average molecular weight is 1070 g/mol. The van der Waals surface area contributed by atoms with Crippen molar-refractivity contribution in [1.82, 2.24) is 29.7 Å². The molecule has 3 aliphatic carbocycles. The summed E-state index contributed by atoms with van der Waals surface area (Å²) in [7, 11) is 8.42. The molecule has 4 N–H and O–H groups in total. The Bertz CT molecular complexity index is 3350. The summed E-state index contributed by atoms with van der Waals surface area (Å²) in [6, 6.07) is 48.1. The molecule has 0 bridgehead atoms. The van der Waals surface area contributed by atoms with Crippen molar-refractivity contribution in [2.75, 3.05) is 75.6 Å². The van der Waals surface area contributed by atoms with E-state index < -0.39 is 0 Å². The van der Waals surface area contributed by atoms with E-state index in [0.29, 0.717) is 30.7 Å². The molecule has 12 heteroatoms. The first-order chi connectivity index (χ1) is 39.1. The first kappa shape index (κ1) is 55.5.